The van der Waals surface area contributed by atoms with Crippen LogP contribution in [0.2, 0.25) is 10.0 Å². The summed E-state index contributed by atoms with van der Waals surface area (Å²) in [7, 11) is 0. The number of amides is 2. The van der Waals surface area contributed by atoms with Crippen molar-refractivity contribution in [2.75, 3.05) is 38.0 Å². The molecule has 0 saturated carbocycles. The van der Waals surface area contributed by atoms with Crippen LogP contribution in [0.4, 0.5) is 5.69 Å². The van der Waals surface area contributed by atoms with Gasteiger partial charge in [0.2, 0.25) is 11.8 Å². The third kappa shape index (κ3) is 4.02. The number of nitrogens with zero attached hydrogens (tertiary/aromatic N) is 2. The van der Waals surface area contributed by atoms with Gasteiger partial charge in [-0.3, -0.25) is 9.59 Å². The molecule has 0 aliphatic carbocycles. The third-order valence-electron chi connectivity index (χ3n) is 3.46. The van der Waals surface area contributed by atoms with Crippen LogP contribution < -0.4 is 5.32 Å². The first-order valence-electron chi connectivity index (χ1n) is 6.70. The lowest BCUT2D eigenvalue weighted by Crippen LogP contribution is -2.51. The van der Waals surface area contributed by atoms with Gasteiger partial charge >= 0.3 is 0 Å². The number of rotatable bonds is 3. The second kappa shape index (κ2) is 7.00. The van der Waals surface area contributed by atoms with Crippen molar-refractivity contribution < 1.29 is 9.59 Å². The van der Waals surface area contributed by atoms with E-state index in [1.807, 2.05) is 0 Å². The Morgan fingerprint density at radius 3 is 2.14 bits per heavy atom. The normalized spacial score (nSPS) is 15.0. The maximum absolute atomic E-state index is 12.1. The highest BCUT2D eigenvalue weighted by Gasteiger charge is 2.22. The number of hydrogen-bond acceptors (Lipinski definition) is 3. The fourth-order valence-electron chi connectivity index (χ4n) is 2.21. The van der Waals surface area contributed by atoms with Crippen LogP contribution in [0.5, 0.6) is 0 Å². The molecule has 0 atom stereocenters. The van der Waals surface area contributed by atoms with Gasteiger partial charge in [-0.15, -0.1) is 0 Å². The summed E-state index contributed by atoms with van der Waals surface area (Å²) in [4.78, 5) is 26.9. The van der Waals surface area contributed by atoms with E-state index in [2.05, 4.69) is 5.32 Å². The van der Waals surface area contributed by atoms with Crippen LogP contribution in [0, 0.1) is 0 Å². The molecule has 1 aromatic rings. The number of anilines is 1. The standard InChI is InChI=1S/C14H17Cl2N3O2/c1-10(20)18-5-7-19(8-6-18)13(21)9-17-14-11(15)3-2-4-12(14)16/h2-4,17H,5-9H2,1H3. The first kappa shape index (κ1) is 15.9. The molecule has 1 saturated heterocycles. The van der Waals surface area contributed by atoms with Crippen LogP contribution in [-0.4, -0.2) is 54.3 Å². The summed E-state index contributed by atoms with van der Waals surface area (Å²) < 4.78 is 0. The average Bonchev–Trinajstić information content (AvgIpc) is 2.46. The highest BCUT2D eigenvalue weighted by atomic mass is 35.5. The predicted octanol–water partition coefficient (Wildman–Crippen LogP) is 2.10. The van der Waals surface area contributed by atoms with Crippen molar-refractivity contribution in [3.63, 3.8) is 0 Å². The van der Waals surface area contributed by atoms with Gasteiger partial charge in [-0.25, -0.2) is 0 Å². The SMILES string of the molecule is CC(=O)N1CCN(C(=O)CNc2c(Cl)cccc2Cl)CC1. The molecule has 1 N–H and O–H groups in total. The van der Waals surface area contributed by atoms with Gasteiger partial charge in [0.1, 0.15) is 0 Å². The summed E-state index contributed by atoms with van der Waals surface area (Å²) in [6.07, 6.45) is 0. The molecule has 1 aliphatic heterocycles. The lowest BCUT2D eigenvalue weighted by atomic mass is 10.3. The van der Waals surface area contributed by atoms with Crippen LogP contribution >= 0.6 is 23.2 Å². The topological polar surface area (TPSA) is 52.7 Å². The van der Waals surface area contributed by atoms with Crippen molar-refractivity contribution in [2.45, 2.75) is 6.92 Å². The van der Waals surface area contributed by atoms with Crippen molar-refractivity contribution >= 4 is 40.7 Å². The Hall–Kier alpha value is -1.46. The van der Waals surface area contributed by atoms with Crippen molar-refractivity contribution in [3.8, 4) is 0 Å². The number of piperazine rings is 1. The van der Waals surface area contributed by atoms with E-state index < -0.39 is 0 Å². The lowest BCUT2D eigenvalue weighted by molar-refractivity contribution is -0.137. The quantitative estimate of drug-likeness (QED) is 0.923. The predicted molar refractivity (Wildman–Crippen MR) is 83.8 cm³/mol. The zero-order chi connectivity index (χ0) is 15.4. The van der Waals surface area contributed by atoms with Gasteiger partial charge in [-0.05, 0) is 12.1 Å². The molecule has 2 rings (SSSR count). The number of hydrogen-bond donors (Lipinski definition) is 1. The molecule has 1 aliphatic rings. The monoisotopic (exact) mass is 329 g/mol. The Labute approximate surface area is 133 Å². The molecule has 5 nitrogen and oxygen atoms in total. The maximum atomic E-state index is 12.1. The highest BCUT2D eigenvalue weighted by molar-refractivity contribution is 6.39. The van der Waals surface area contributed by atoms with Gasteiger partial charge in [0, 0.05) is 33.1 Å². The molecular weight excluding hydrogens is 313 g/mol. The van der Waals surface area contributed by atoms with Crippen molar-refractivity contribution in [1.82, 2.24) is 9.80 Å². The molecule has 2 amide bonds. The summed E-state index contributed by atoms with van der Waals surface area (Å²) in [5.41, 5.74) is 0.566. The fourth-order valence-corrected chi connectivity index (χ4v) is 2.74. The van der Waals surface area contributed by atoms with Gasteiger partial charge in [-0.1, -0.05) is 29.3 Å². The number of carbonyl (C=O) groups is 2. The Kier molecular flexibility index (Phi) is 5.31. The molecule has 0 spiro atoms. The molecule has 0 unspecified atom stereocenters. The van der Waals surface area contributed by atoms with E-state index in [1.165, 1.54) is 0 Å². The van der Waals surface area contributed by atoms with Gasteiger partial charge < -0.3 is 15.1 Å². The Morgan fingerprint density at radius 1 is 1.10 bits per heavy atom. The number of nitrogens with one attached hydrogen (secondary N) is 1. The van der Waals surface area contributed by atoms with Crippen LogP contribution in [-0.2, 0) is 9.59 Å². The van der Waals surface area contributed by atoms with Gasteiger partial charge in [0.25, 0.3) is 0 Å². The second-order valence-corrected chi connectivity index (χ2v) is 5.65. The number of benzene rings is 1. The molecular formula is C14H17Cl2N3O2. The maximum Gasteiger partial charge on any atom is 0.241 e. The molecule has 0 radical (unpaired) electrons. The van der Waals surface area contributed by atoms with Crippen molar-refractivity contribution in [2.24, 2.45) is 0 Å². The zero-order valence-corrected chi connectivity index (χ0v) is 13.2. The molecule has 114 valence electrons. The summed E-state index contributed by atoms with van der Waals surface area (Å²) in [5, 5.41) is 3.94. The van der Waals surface area contributed by atoms with E-state index in [1.54, 1.807) is 34.9 Å². The molecule has 1 heterocycles. The van der Waals surface area contributed by atoms with E-state index in [4.69, 9.17) is 23.2 Å². The Bertz CT molecular complexity index is 523. The minimum Gasteiger partial charge on any atom is -0.374 e. The molecule has 1 fully saturated rings. The van der Waals surface area contributed by atoms with Gasteiger partial charge in [0.05, 0.1) is 22.3 Å². The summed E-state index contributed by atoms with van der Waals surface area (Å²) in [6, 6.07) is 5.18. The van der Waals surface area contributed by atoms with Crippen molar-refractivity contribution in [3.05, 3.63) is 28.2 Å². The van der Waals surface area contributed by atoms with Crippen LogP contribution in [0.3, 0.4) is 0 Å². The molecule has 21 heavy (non-hydrogen) atoms. The first-order chi connectivity index (χ1) is 9.99. The summed E-state index contributed by atoms with van der Waals surface area (Å²) in [5.74, 6) is 0.0114. The smallest absolute Gasteiger partial charge is 0.241 e. The molecule has 1 aromatic carbocycles. The summed E-state index contributed by atoms with van der Waals surface area (Å²) >= 11 is 12.1. The lowest BCUT2D eigenvalue weighted by Gasteiger charge is -2.34. The van der Waals surface area contributed by atoms with E-state index in [0.717, 1.165) is 0 Å². The fraction of sp³-hybridized carbons (Fsp3) is 0.429. The Morgan fingerprint density at radius 2 is 1.62 bits per heavy atom. The minimum absolute atomic E-state index is 0.0332. The van der Waals surface area contributed by atoms with E-state index >= 15 is 0 Å². The van der Waals surface area contributed by atoms with Gasteiger partial charge in [0.15, 0.2) is 0 Å². The van der Waals surface area contributed by atoms with E-state index in [0.29, 0.717) is 41.9 Å². The zero-order valence-electron chi connectivity index (χ0n) is 11.7. The van der Waals surface area contributed by atoms with Crippen molar-refractivity contribution in [1.29, 1.82) is 0 Å². The molecule has 0 bridgehead atoms. The van der Waals surface area contributed by atoms with Crippen LogP contribution in [0.1, 0.15) is 6.92 Å². The summed E-state index contributed by atoms with van der Waals surface area (Å²) in [6.45, 7) is 3.93. The number of carbonyl (C=O) groups excluding carboxylic acids is 2. The van der Waals surface area contributed by atoms with E-state index in [9.17, 15) is 9.59 Å². The Balaban J connectivity index is 1.87. The van der Waals surface area contributed by atoms with Crippen LogP contribution in [0.15, 0.2) is 18.2 Å². The van der Waals surface area contributed by atoms with Crippen LogP contribution in [0.25, 0.3) is 0 Å². The minimum atomic E-state index is -0.0332. The molecule has 7 heteroatoms. The number of para-hydroxylation sites is 1. The second-order valence-electron chi connectivity index (χ2n) is 4.84. The highest BCUT2D eigenvalue weighted by Crippen LogP contribution is 2.29. The largest absolute Gasteiger partial charge is 0.374 e. The third-order valence-corrected chi connectivity index (χ3v) is 4.09. The van der Waals surface area contributed by atoms with Gasteiger partial charge in [-0.2, -0.15) is 0 Å². The molecule has 0 aromatic heterocycles. The first-order valence-corrected chi connectivity index (χ1v) is 7.46. The van der Waals surface area contributed by atoms with E-state index in [-0.39, 0.29) is 18.4 Å². The average molecular weight is 330 g/mol. The number of halogens is 2.